The molecule has 0 saturated heterocycles. The van der Waals surface area contributed by atoms with Crippen molar-refractivity contribution in [1.82, 2.24) is 0 Å². The first-order valence-electron chi connectivity index (χ1n) is 6.44. The van der Waals surface area contributed by atoms with Crippen LogP contribution in [0.5, 0.6) is 0 Å². The van der Waals surface area contributed by atoms with Crippen LogP contribution in [0.3, 0.4) is 0 Å². The highest BCUT2D eigenvalue weighted by Gasteiger charge is 2.34. The molecule has 0 aromatic carbocycles. The van der Waals surface area contributed by atoms with Crippen molar-refractivity contribution in [2.45, 2.75) is 40.5 Å². The van der Waals surface area contributed by atoms with Crippen molar-refractivity contribution < 1.29 is 0 Å². The van der Waals surface area contributed by atoms with Crippen LogP contribution in [0.4, 0.5) is 0 Å². The molecule has 0 aromatic heterocycles. The molecule has 2 aliphatic rings. The molecule has 0 heteroatoms. The van der Waals surface area contributed by atoms with Crippen molar-refractivity contribution in [2.75, 3.05) is 0 Å². The Morgan fingerprint density at radius 2 is 1.93 bits per heavy atom. The highest BCUT2D eigenvalue weighted by Crippen LogP contribution is 2.44. The van der Waals surface area contributed by atoms with Crippen molar-refractivity contribution in [1.29, 1.82) is 0 Å². The van der Waals surface area contributed by atoms with Crippen molar-refractivity contribution >= 4 is 0 Å². The summed E-state index contributed by atoms with van der Waals surface area (Å²) in [5, 5.41) is 0. The van der Waals surface area contributed by atoms with E-state index in [0.717, 1.165) is 29.6 Å². The normalized spacial score (nSPS) is 36.6. The van der Waals surface area contributed by atoms with E-state index in [1.54, 1.807) is 5.57 Å². The highest BCUT2D eigenvalue weighted by molar-refractivity contribution is 5.17. The second-order valence-corrected chi connectivity index (χ2v) is 5.89. The predicted molar refractivity (Wildman–Crippen MR) is 66.6 cm³/mol. The van der Waals surface area contributed by atoms with Crippen molar-refractivity contribution in [3.8, 4) is 0 Å². The third-order valence-electron chi connectivity index (χ3n) is 4.53. The van der Waals surface area contributed by atoms with E-state index >= 15 is 0 Å². The van der Waals surface area contributed by atoms with E-state index in [0.29, 0.717) is 0 Å². The standard InChI is InChI=1S/C15H24/c1-10(2)12(4)11(3)7-15-9-13-5-6-14(15)8-13/h5-7,10,12-15H,8-9H2,1-4H3/b11-7+. The van der Waals surface area contributed by atoms with Gasteiger partial charge in [-0.3, -0.25) is 0 Å². The van der Waals surface area contributed by atoms with Gasteiger partial charge in [-0.2, -0.15) is 0 Å². The quantitative estimate of drug-likeness (QED) is 0.596. The summed E-state index contributed by atoms with van der Waals surface area (Å²) in [5.74, 6) is 4.13. The Bertz CT molecular complexity index is 282. The first-order valence-corrected chi connectivity index (χ1v) is 6.44. The van der Waals surface area contributed by atoms with Gasteiger partial charge in [0.2, 0.25) is 0 Å². The maximum atomic E-state index is 2.57. The Morgan fingerprint density at radius 3 is 2.40 bits per heavy atom. The SMILES string of the molecule is C/C(=C\C1CC2C=CC1C2)C(C)C(C)C. The first-order chi connectivity index (χ1) is 7.08. The molecule has 1 saturated carbocycles. The average Bonchev–Trinajstić information content (AvgIpc) is 2.77. The van der Waals surface area contributed by atoms with E-state index in [1.807, 2.05) is 0 Å². The molecule has 0 nitrogen and oxygen atoms in total. The van der Waals surface area contributed by atoms with Gasteiger partial charge in [0, 0.05) is 0 Å². The smallest absolute Gasteiger partial charge is 0.0162 e. The fraction of sp³-hybridized carbons (Fsp3) is 0.733. The lowest BCUT2D eigenvalue weighted by Gasteiger charge is -2.20. The van der Waals surface area contributed by atoms with E-state index < -0.39 is 0 Å². The Balaban J connectivity index is 2.01. The van der Waals surface area contributed by atoms with E-state index in [-0.39, 0.29) is 0 Å². The Hall–Kier alpha value is -0.520. The Morgan fingerprint density at radius 1 is 1.20 bits per heavy atom. The lowest BCUT2D eigenvalue weighted by Crippen LogP contribution is -2.09. The number of fused-ring (bicyclic) bond motifs is 2. The lowest BCUT2D eigenvalue weighted by atomic mass is 9.85. The average molecular weight is 204 g/mol. The van der Waals surface area contributed by atoms with Crippen LogP contribution in [0.1, 0.15) is 40.5 Å². The first kappa shape index (κ1) is 11.0. The molecule has 2 aliphatic carbocycles. The van der Waals surface area contributed by atoms with Gasteiger partial charge in [-0.25, -0.2) is 0 Å². The molecule has 84 valence electrons. The molecule has 2 bridgehead atoms. The second-order valence-electron chi connectivity index (χ2n) is 5.89. The molecular formula is C15H24. The molecule has 0 spiro atoms. The van der Waals surface area contributed by atoms with Crippen LogP contribution in [0.2, 0.25) is 0 Å². The van der Waals surface area contributed by atoms with Gasteiger partial charge in [0.15, 0.2) is 0 Å². The number of allylic oxidation sites excluding steroid dienone is 4. The van der Waals surface area contributed by atoms with E-state index in [2.05, 4.69) is 45.9 Å². The molecule has 4 unspecified atom stereocenters. The number of hydrogen-bond donors (Lipinski definition) is 0. The van der Waals surface area contributed by atoms with Crippen LogP contribution in [0.15, 0.2) is 23.8 Å². The van der Waals surface area contributed by atoms with E-state index in [1.165, 1.54) is 12.8 Å². The van der Waals surface area contributed by atoms with Gasteiger partial charge in [-0.05, 0) is 49.4 Å². The van der Waals surface area contributed by atoms with E-state index in [4.69, 9.17) is 0 Å². The van der Waals surface area contributed by atoms with Gasteiger partial charge in [0.05, 0.1) is 0 Å². The van der Waals surface area contributed by atoms with Crippen molar-refractivity contribution in [3.05, 3.63) is 23.8 Å². The summed E-state index contributed by atoms with van der Waals surface area (Å²) < 4.78 is 0. The maximum Gasteiger partial charge on any atom is -0.0162 e. The third-order valence-corrected chi connectivity index (χ3v) is 4.53. The molecule has 2 rings (SSSR count). The summed E-state index contributed by atoms with van der Waals surface area (Å²) in [6.45, 7) is 9.32. The summed E-state index contributed by atoms with van der Waals surface area (Å²) in [6.07, 6.45) is 10.3. The summed E-state index contributed by atoms with van der Waals surface area (Å²) in [6, 6.07) is 0. The Labute approximate surface area is 94.5 Å². The topological polar surface area (TPSA) is 0 Å². The molecule has 0 heterocycles. The highest BCUT2D eigenvalue weighted by atomic mass is 14.4. The third kappa shape index (κ3) is 2.19. The lowest BCUT2D eigenvalue weighted by molar-refractivity contribution is 0.466. The van der Waals surface area contributed by atoms with Crippen LogP contribution in [-0.4, -0.2) is 0 Å². The fourth-order valence-electron chi connectivity index (χ4n) is 3.03. The molecule has 0 aromatic rings. The fourth-order valence-corrected chi connectivity index (χ4v) is 3.03. The minimum atomic E-state index is 0.744. The largest absolute Gasteiger partial charge is 0.0851 e. The van der Waals surface area contributed by atoms with Crippen molar-refractivity contribution in [2.24, 2.45) is 29.6 Å². The summed E-state index contributed by atoms with van der Waals surface area (Å²) in [5.41, 5.74) is 1.61. The molecule has 0 N–H and O–H groups in total. The second kappa shape index (κ2) is 4.15. The minimum Gasteiger partial charge on any atom is -0.0851 e. The molecular weight excluding hydrogens is 180 g/mol. The van der Waals surface area contributed by atoms with Crippen LogP contribution < -0.4 is 0 Å². The van der Waals surface area contributed by atoms with Crippen LogP contribution in [0, 0.1) is 29.6 Å². The monoisotopic (exact) mass is 204 g/mol. The molecule has 15 heavy (non-hydrogen) atoms. The van der Waals surface area contributed by atoms with Crippen LogP contribution >= 0.6 is 0 Å². The number of rotatable bonds is 3. The summed E-state index contributed by atoms with van der Waals surface area (Å²) >= 11 is 0. The van der Waals surface area contributed by atoms with Gasteiger partial charge in [-0.1, -0.05) is 44.6 Å². The zero-order valence-corrected chi connectivity index (χ0v) is 10.5. The number of hydrogen-bond acceptors (Lipinski definition) is 0. The summed E-state index contributed by atoms with van der Waals surface area (Å²) in [7, 11) is 0. The maximum absolute atomic E-state index is 2.57. The van der Waals surface area contributed by atoms with Crippen LogP contribution in [-0.2, 0) is 0 Å². The summed E-state index contributed by atoms with van der Waals surface area (Å²) in [4.78, 5) is 0. The van der Waals surface area contributed by atoms with Gasteiger partial charge < -0.3 is 0 Å². The van der Waals surface area contributed by atoms with Gasteiger partial charge >= 0.3 is 0 Å². The van der Waals surface area contributed by atoms with E-state index in [9.17, 15) is 0 Å². The van der Waals surface area contributed by atoms with Crippen molar-refractivity contribution in [3.63, 3.8) is 0 Å². The zero-order valence-electron chi connectivity index (χ0n) is 10.5. The predicted octanol–water partition coefficient (Wildman–Crippen LogP) is 4.44. The van der Waals surface area contributed by atoms with Gasteiger partial charge in [-0.15, -0.1) is 0 Å². The molecule has 4 atom stereocenters. The molecule has 0 aliphatic heterocycles. The molecule has 0 amide bonds. The molecule has 0 radical (unpaired) electrons. The zero-order chi connectivity index (χ0) is 11.0. The molecule has 1 fully saturated rings. The Kier molecular flexibility index (Phi) is 3.04. The van der Waals surface area contributed by atoms with Gasteiger partial charge in [0.1, 0.15) is 0 Å². The minimum absolute atomic E-state index is 0.744. The van der Waals surface area contributed by atoms with Gasteiger partial charge in [0.25, 0.3) is 0 Å². The van der Waals surface area contributed by atoms with Crippen LogP contribution in [0.25, 0.3) is 0 Å².